The largest absolute Gasteiger partial charge is 0.344 e. The monoisotopic (exact) mass is 347 g/mol. The molecule has 0 aliphatic rings. The van der Waals surface area contributed by atoms with Gasteiger partial charge < -0.3 is 4.57 Å². The van der Waals surface area contributed by atoms with Crippen LogP contribution in [0.25, 0.3) is 43.4 Å². The predicted molar refractivity (Wildman–Crippen MR) is 118 cm³/mol. The van der Waals surface area contributed by atoms with E-state index in [2.05, 4.69) is 110 Å². The van der Waals surface area contributed by atoms with Crippen molar-refractivity contribution in [1.29, 1.82) is 0 Å². The van der Waals surface area contributed by atoms with E-state index in [1.807, 2.05) is 0 Å². The molecule has 0 aliphatic heterocycles. The fourth-order valence-corrected chi connectivity index (χ4v) is 4.19. The number of nitrogens with zero attached hydrogens (tertiary/aromatic N) is 1. The Morgan fingerprint density at radius 3 is 1.56 bits per heavy atom. The Labute approximate surface area is 158 Å². The lowest BCUT2D eigenvalue weighted by molar-refractivity contribution is 1.01. The molecule has 5 rings (SSSR count). The van der Waals surface area contributed by atoms with Gasteiger partial charge in [0.15, 0.2) is 0 Å². The maximum absolute atomic E-state index is 2.32. The standard InChI is InChI=1S/C26H21N/c1-18-15-16-21-19-9-3-4-10-20(19)22-11-5-7-13-25(22)27(2)26-14-8-6-12-23(26)24(21)17-18/h3-17H,1-2H3. The zero-order chi connectivity index (χ0) is 18.4. The summed E-state index contributed by atoms with van der Waals surface area (Å²) in [5, 5.41) is 7.67. The van der Waals surface area contributed by atoms with E-state index in [9.17, 15) is 0 Å². The summed E-state index contributed by atoms with van der Waals surface area (Å²) in [6.45, 7) is 2.17. The highest BCUT2D eigenvalue weighted by molar-refractivity contribution is 6.19. The highest BCUT2D eigenvalue weighted by atomic mass is 14.9. The van der Waals surface area contributed by atoms with E-state index in [4.69, 9.17) is 0 Å². The molecule has 130 valence electrons. The molecule has 27 heavy (non-hydrogen) atoms. The van der Waals surface area contributed by atoms with Crippen LogP contribution in [-0.4, -0.2) is 4.57 Å². The van der Waals surface area contributed by atoms with Crippen molar-refractivity contribution in [2.45, 2.75) is 6.92 Å². The molecule has 0 N–H and O–H groups in total. The van der Waals surface area contributed by atoms with Crippen molar-refractivity contribution in [3.8, 4) is 0 Å². The van der Waals surface area contributed by atoms with Crippen molar-refractivity contribution in [2.75, 3.05) is 0 Å². The summed E-state index contributed by atoms with van der Waals surface area (Å²) in [5.74, 6) is 0. The zero-order valence-electron chi connectivity index (χ0n) is 15.6. The number of fused-ring (bicyclic) bond motifs is 7. The Morgan fingerprint density at radius 1 is 0.481 bits per heavy atom. The number of rotatable bonds is 0. The van der Waals surface area contributed by atoms with E-state index in [-0.39, 0.29) is 0 Å². The molecule has 1 heteroatoms. The normalized spacial score (nSPS) is 11.3. The van der Waals surface area contributed by atoms with Gasteiger partial charge in [-0.1, -0.05) is 84.4 Å². The van der Waals surface area contributed by atoms with Gasteiger partial charge in [-0.25, -0.2) is 0 Å². The molecule has 0 saturated carbocycles. The Kier molecular flexibility index (Phi) is 3.61. The lowest BCUT2D eigenvalue weighted by atomic mass is 10.00. The quantitative estimate of drug-likeness (QED) is 0.282. The molecule has 0 fully saturated rings. The zero-order valence-corrected chi connectivity index (χ0v) is 15.6. The molecule has 0 amide bonds. The fourth-order valence-electron chi connectivity index (χ4n) is 4.19. The Bertz CT molecular complexity index is 1390. The van der Waals surface area contributed by atoms with Crippen molar-refractivity contribution < 1.29 is 0 Å². The molecule has 0 saturated heterocycles. The van der Waals surface area contributed by atoms with E-state index >= 15 is 0 Å². The van der Waals surface area contributed by atoms with E-state index in [1.165, 1.54) is 48.9 Å². The summed E-state index contributed by atoms with van der Waals surface area (Å²) >= 11 is 0. The van der Waals surface area contributed by atoms with Gasteiger partial charge in [0.25, 0.3) is 0 Å². The number of hydrogen-bond acceptors (Lipinski definition) is 0. The third-order valence-electron chi connectivity index (χ3n) is 5.50. The third-order valence-corrected chi connectivity index (χ3v) is 5.50. The van der Waals surface area contributed by atoms with Crippen LogP contribution >= 0.6 is 0 Å². The molecule has 0 unspecified atom stereocenters. The molecule has 0 bridgehead atoms. The first-order valence-corrected chi connectivity index (χ1v) is 9.36. The van der Waals surface area contributed by atoms with Crippen LogP contribution in [0, 0.1) is 6.92 Å². The van der Waals surface area contributed by atoms with Crippen molar-refractivity contribution >= 4 is 43.4 Å². The van der Waals surface area contributed by atoms with Gasteiger partial charge in [-0.3, -0.25) is 0 Å². The van der Waals surface area contributed by atoms with Crippen LogP contribution in [0.5, 0.6) is 0 Å². The lowest BCUT2D eigenvalue weighted by Crippen LogP contribution is -1.92. The van der Waals surface area contributed by atoms with Crippen molar-refractivity contribution in [3.63, 3.8) is 0 Å². The van der Waals surface area contributed by atoms with Crippen LogP contribution in [0.15, 0.2) is 91.0 Å². The summed E-state index contributed by atoms with van der Waals surface area (Å²) in [6, 6.07) is 33.0. The molecule has 1 nitrogen and oxygen atoms in total. The number of aromatic nitrogens is 1. The van der Waals surface area contributed by atoms with Gasteiger partial charge in [0.1, 0.15) is 0 Å². The summed E-state index contributed by atoms with van der Waals surface area (Å²) in [4.78, 5) is 0. The minimum absolute atomic E-state index is 1.22. The first-order chi connectivity index (χ1) is 13.2. The second-order valence-corrected chi connectivity index (χ2v) is 7.19. The molecule has 0 spiro atoms. The van der Waals surface area contributed by atoms with E-state index in [0.29, 0.717) is 0 Å². The topological polar surface area (TPSA) is 4.93 Å². The van der Waals surface area contributed by atoms with Crippen LogP contribution < -0.4 is 0 Å². The van der Waals surface area contributed by atoms with E-state index < -0.39 is 0 Å². The SMILES string of the molecule is Cc1ccc2c3ccccc3c3ccccc3n(C)c3ccccc3c2c1. The first kappa shape index (κ1) is 15.9. The average Bonchev–Trinajstić information content (AvgIpc) is 2.76. The van der Waals surface area contributed by atoms with Crippen molar-refractivity contribution in [3.05, 3.63) is 96.6 Å². The Balaban J connectivity index is 2.30. The minimum Gasteiger partial charge on any atom is -0.344 e. The summed E-state index contributed by atoms with van der Waals surface area (Å²) in [6.07, 6.45) is 0. The summed E-state index contributed by atoms with van der Waals surface area (Å²) < 4.78 is 2.32. The van der Waals surface area contributed by atoms with Crippen molar-refractivity contribution in [1.82, 2.24) is 4.57 Å². The minimum atomic E-state index is 1.22. The molecule has 0 radical (unpaired) electrons. The third kappa shape index (κ3) is 2.47. The molecule has 0 atom stereocenters. The van der Waals surface area contributed by atoms with Gasteiger partial charge in [0.05, 0.1) is 0 Å². The van der Waals surface area contributed by atoms with Crippen molar-refractivity contribution in [2.24, 2.45) is 7.05 Å². The van der Waals surface area contributed by atoms with Crippen LogP contribution in [0.2, 0.25) is 0 Å². The molecule has 1 heterocycles. The van der Waals surface area contributed by atoms with Crippen LogP contribution in [0.1, 0.15) is 5.56 Å². The smallest absolute Gasteiger partial charge is 0.0488 e. The van der Waals surface area contributed by atoms with E-state index in [1.54, 1.807) is 0 Å². The molecule has 5 aromatic rings. The van der Waals surface area contributed by atoms with Gasteiger partial charge in [-0.2, -0.15) is 0 Å². The second-order valence-electron chi connectivity index (χ2n) is 7.19. The van der Waals surface area contributed by atoms with Gasteiger partial charge in [-0.15, -0.1) is 0 Å². The fraction of sp³-hybridized carbons (Fsp3) is 0.0769. The molecule has 1 aromatic heterocycles. The average molecular weight is 347 g/mol. The molecular formula is C26H21N. The highest BCUT2D eigenvalue weighted by Crippen LogP contribution is 2.32. The number of hydrogen-bond donors (Lipinski definition) is 0. The lowest BCUT2D eigenvalue weighted by Gasteiger charge is -2.07. The van der Waals surface area contributed by atoms with Gasteiger partial charge in [-0.05, 0) is 40.6 Å². The maximum Gasteiger partial charge on any atom is 0.0488 e. The Morgan fingerprint density at radius 2 is 0.926 bits per heavy atom. The van der Waals surface area contributed by atoms with Gasteiger partial charge >= 0.3 is 0 Å². The number of aryl methyl sites for hydroxylation is 2. The van der Waals surface area contributed by atoms with Crippen LogP contribution in [0.4, 0.5) is 0 Å². The molecule has 4 aromatic carbocycles. The maximum atomic E-state index is 2.32. The molecule has 0 aliphatic carbocycles. The second kappa shape index (κ2) is 6.14. The van der Waals surface area contributed by atoms with E-state index in [0.717, 1.165) is 0 Å². The number of para-hydroxylation sites is 2. The summed E-state index contributed by atoms with van der Waals surface area (Å²) in [7, 11) is 2.17. The van der Waals surface area contributed by atoms with Crippen LogP contribution in [-0.2, 0) is 7.05 Å². The van der Waals surface area contributed by atoms with Gasteiger partial charge in [0, 0.05) is 28.9 Å². The van der Waals surface area contributed by atoms with Crippen LogP contribution in [0.3, 0.4) is 0 Å². The summed E-state index contributed by atoms with van der Waals surface area (Å²) in [5.41, 5.74) is 3.73. The predicted octanol–water partition coefficient (Wildman–Crippen LogP) is 7.07. The van der Waals surface area contributed by atoms with Gasteiger partial charge in [0.2, 0.25) is 0 Å². The Hall–Kier alpha value is -3.32. The first-order valence-electron chi connectivity index (χ1n) is 9.36. The molecular weight excluding hydrogens is 326 g/mol. The highest BCUT2D eigenvalue weighted by Gasteiger charge is 2.07. The number of benzene rings is 4.